The van der Waals surface area contributed by atoms with Crippen molar-refractivity contribution in [3.63, 3.8) is 0 Å². The first-order valence-corrected chi connectivity index (χ1v) is 8.00. The summed E-state index contributed by atoms with van der Waals surface area (Å²) in [5, 5.41) is 1.78. The maximum atomic E-state index is 13.0. The summed E-state index contributed by atoms with van der Waals surface area (Å²) in [5.74, 6) is 2.84. The molecule has 124 valence electrons. The summed E-state index contributed by atoms with van der Waals surface area (Å²) in [6.45, 7) is 2.42. The number of nitrogens with zero attached hydrogens (tertiary/aromatic N) is 2. The first-order valence-electron chi connectivity index (χ1n) is 8.00. The average Bonchev–Trinajstić information content (AvgIpc) is 2.67. The SMILES string of the molecule is C#Cc1cccc(N(CC)C(=O)c2cc3ccccc3c(OC)n2)c1. The van der Waals surface area contributed by atoms with Gasteiger partial charge in [0.25, 0.3) is 5.91 Å². The molecule has 0 saturated heterocycles. The average molecular weight is 330 g/mol. The van der Waals surface area contributed by atoms with E-state index in [-0.39, 0.29) is 5.91 Å². The second kappa shape index (κ2) is 7.06. The molecule has 0 aliphatic carbocycles. The van der Waals surface area contributed by atoms with Crippen LogP contribution in [0, 0.1) is 12.3 Å². The highest BCUT2D eigenvalue weighted by atomic mass is 16.5. The molecule has 4 nitrogen and oxygen atoms in total. The van der Waals surface area contributed by atoms with Gasteiger partial charge in [-0.2, -0.15) is 0 Å². The fourth-order valence-electron chi connectivity index (χ4n) is 2.78. The van der Waals surface area contributed by atoms with Gasteiger partial charge in [0.2, 0.25) is 5.88 Å². The molecule has 0 radical (unpaired) electrons. The number of pyridine rings is 1. The molecule has 1 aromatic heterocycles. The molecule has 0 bridgehead atoms. The summed E-state index contributed by atoms with van der Waals surface area (Å²) in [6.07, 6.45) is 5.47. The summed E-state index contributed by atoms with van der Waals surface area (Å²) >= 11 is 0. The van der Waals surface area contributed by atoms with Crippen molar-refractivity contribution in [2.75, 3.05) is 18.6 Å². The molecular weight excluding hydrogens is 312 g/mol. The Labute approximate surface area is 147 Å². The van der Waals surface area contributed by atoms with E-state index in [1.54, 1.807) is 18.1 Å². The van der Waals surface area contributed by atoms with Crippen LogP contribution in [0.1, 0.15) is 23.0 Å². The number of terminal acetylenes is 1. The summed E-state index contributed by atoms with van der Waals surface area (Å²) in [7, 11) is 1.55. The van der Waals surface area contributed by atoms with Gasteiger partial charge in [-0.25, -0.2) is 4.98 Å². The van der Waals surface area contributed by atoms with E-state index in [1.165, 1.54) is 0 Å². The number of hydrogen-bond donors (Lipinski definition) is 0. The molecule has 0 N–H and O–H groups in total. The number of rotatable bonds is 4. The Balaban J connectivity index is 2.06. The fourth-order valence-corrected chi connectivity index (χ4v) is 2.78. The minimum Gasteiger partial charge on any atom is -0.481 e. The Hall–Kier alpha value is -3.32. The van der Waals surface area contributed by atoms with E-state index in [1.807, 2.05) is 55.5 Å². The molecule has 0 atom stereocenters. The molecule has 0 fully saturated rings. The maximum Gasteiger partial charge on any atom is 0.277 e. The third-order valence-corrected chi connectivity index (χ3v) is 4.00. The second-order valence-electron chi connectivity index (χ2n) is 5.48. The van der Waals surface area contributed by atoms with Crippen molar-refractivity contribution in [2.45, 2.75) is 6.92 Å². The first kappa shape index (κ1) is 16.5. The van der Waals surface area contributed by atoms with Crippen LogP contribution in [0.15, 0.2) is 54.6 Å². The van der Waals surface area contributed by atoms with Crippen molar-refractivity contribution < 1.29 is 9.53 Å². The quantitative estimate of drug-likeness (QED) is 0.682. The topological polar surface area (TPSA) is 42.4 Å². The molecule has 4 heteroatoms. The van der Waals surface area contributed by atoms with Gasteiger partial charge in [-0.05, 0) is 42.6 Å². The predicted octanol–water partition coefficient (Wildman–Crippen LogP) is 3.89. The summed E-state index contributed by atoms with van der Waals surface area (Å²) in [5.41, 5.74) is 1.81. The lowest BCUT2D eigenvalue weighted by atomic mass is 10.1. The van der Waals surface area contributed by atoms with E-state index >= 15 is 0 Å². The predicted molar refractivity (Wildman–Crippen MR) is 100 cm³/mol. The van der Waals surface area contributed by atoms with Crippen LogP contribution in [-0.4, -0.2) is 24.5 Å². The van der Waals surface area contributed by atoms with Crippen molar-refractivity contribution in [1.82, 2.24) is 4.98 Å². The minimum absolute atomic E-state index is 0.194. The van der Waals surface area contributed by atoms with Crippen LogP contribution in [0.5, 0.6) is 5.88 Å². The number of amides is 1. The number of ether oxygens (including phenoxy) is 1. The van der Waals surface area contributed by atoms with Crippen LogP contribution in [0.2, 0.25) is 0 Å². The van der Waals surface area contributed by atoms with Gasteiger partial charge in [0.05, 0.1) is 7.11 Å². The Morgan fingerprint density at radius 3 is 2.72 bits per heavy atom. The lowest BCUT2D eigenvalue weighted by Crippen LogP contribution is -2.31. The number of hydrogen-bond acceptors (Lipinski definition) is 3. The van der Waals surface area contributed by atoms with Gasteiger partial charge in [0.15, 0.2) is 0 Å². The molecule has 0 saturated carbocycles. The number of fused-ring (bicyclic) bond motifs is 1. The molecule has 3 rings (SSSR count). The number of methoxy groups -OCH3 is 1. The second-order valence-corrected chi connectivity index (χ2v) is 5.48. The lowest BCUT2D eigenvalue weighted by Gasteiger charge is -2.21. The molecular formula is C21H18N2O2. The Kier molecular flexibility index (Phi) is 4.67. The van der Waals surface area contributed by atoms with E-state index < -0.39 is 0 Å². The van der Waals surface area contributed by atoms with Gasteiger partial charge in [0.1, 0.15) is 5.69 Å². The maximum absolute atomic E-state index is 13.0. The van der Waals surface area contributed by atoms with Crippen LogP contribution in [-0.2, 0) is 0 Å². The van der Waals surface area contributed by atoms with E-state index in [0.717, 1.165) is 22.0 Å². The molecule has 1 amide bonds. The zero-order chi connectivity index (χ0) is 17.8. The van der Waals surface area contributed by atoms with Gasteiger partial charge < -0.3 is 9.64 Å². The van der Waals surface area contributed by atoms with E-state index in [9.17, 15) is 4.79 Å². The van der Waals surface area contributed by atoms with Crippen LogP contribution >= 0.6 is 0 Å². The zero-order valence-electron chi connectivity index (χ0n) is 14.2. The van der Waals surface area contributed by atoms with Crippen LogP contribution in [0.4, 0.5) is 5.69 Å². The number of aromatic nitrogens is 1. The van der Waals surface area contributed by atoms with Crippen LogP contribution < -0.4 is 9.64 Å². The van der Waals surface area contributed by atoms with Crippen molar-refractivity contribution in [1.29, 1.82) is 0 Å². The molecule has 0 aliphatic rings. The smallest absolute Gasteiger partial charge is 0.277 e. The van der Waals surface area contributed by atoms with Crippen LogP contribution in [0.3, 0.4) is 0 Å². The van der Waals surface area contributed by atoms with Crippen molar-refractivity contribution in [2.24, 2.45) is 0 Å². The van der Waals surface area contributed by atoms with Gasteiger partial charge in [0, 0.05) is 23.2 Å². The van der Waals surface area contributed by atoms with Crippen molar-refractivity contribution in [3.05, 3.63) is 65.9 Å². The van der Waals surface area contributed by atoms with E-state index in [0.29, 0.717) is 18.1 Å². The minimum atomic E-state index is -0.194. The number of carbonyl (C=O) groups is 1. The Morgan fingerprint density at radius 1 is 1.20 bits per heavy atom. The molecule has 3 aromatic rings. The normalized spacial score (nSPS) is 10.3. The largest absolute Gasteiger partial charge is 0.481 e. The summed E-state index contributed by atoms with van der Waals surface area (Å²) < 4.78 is 5.37. The number of benzene rings is 2. The monoisotopic (exact) mass is 330 g/mol. The summed E-state index contributed by atoms with van der Waals surface area (Å²) in [6, 6.07) is 16.8. The Morgan fingerprint density at radius 2 is 2.00 bits per heavy atom. The first-order chi connectivity index (χ1) is 12.2. The summed E-state index contributed by atoms with van der Waals surface area (Å²) in [4.78, 5) is 19.1. The van der Waals surface area contributed by atoms with Gasteiger partial charge in [-0.3, -0.25) is 4.79 Å². The van der Waals surface area contributed by atoms with E-state index in [2.05, 4.69) is 10.9 Å². The highest BCUT2D eigenvalue weighted by Crippen LogP contribution is 2.26. The highest BCUT2D eigenvalue weighted by molar-refractivity contribution is 6.07. The number of anilines is 1. The molecule has 25 heavy (non-hydrogen) atoms. The molecule has 0 unspecified atom stereocenters. The third-order valence-electron chi connectivity index (χ3n) is 4.00. The molecule has 0 aliphatic heterocycles. The lowest BCUT2D eigenvalue weighted by molar-refractivity contribution is 0.0983. The van der Waals surface area contributed by atoms with E-state index in [4.69, 9.17) is 11.2 Å². The standard InChI is InChI=1S/C21H18N2O2/c1-4-15-9-8-11-17(13-15)23(5-2)21(24)19-14-16-10-6-7-12-18(16)20(22-19)25-3/h1,6-14H,5H2,2-3H3. The Bertz CT molecular complexity index is 973. The highest BCUT2D eigenvalue weighted by Gasteiger charge is 2.19. The van der Waals surface area contributed by atoms with Crippen molar-refractivity contribution >= 4 is 22.4 Å². The number of carbonyl (C=O) groups excluding carboxylic acids is 1. The van der Waals surface area contributed by atoms with Gasteiger partial charge >= 0.3 is 0 Å². The van der Waals surface area contributed by atoms with Gasteiger partial charge in [-0.1, -0.05) is 30.2 Å². The molecule has 2 aromatic carbocycles. The van der Waals surface area contributed by atoms with Crippen molar-refractivity contribution in [3.8, 4) is 18.2 Å². The zero-order valence-corrected chi connectivity index (χ0v) is 14.2. The molecule has 1 heterocycles. The third kappa shape index (κ3) is 3.17. The fraction of sp³-hybridized carbons (Fsp3) is 0.143. The molecule has 0 spiro atoms. The van der Waals surface area contributed by atoms with Gasteiger partial charge in [-0.15, -0.1) is 6.42 Å². The van der Waals surface area contributed by atoms with Crippen LogP contribution in [0.25, 0.3) is 10.8 Å².